The van der Waals surface area contributed by atoms with E-state index in [1.165, 1.54) is 66.7 Å². The maximum absolute atomic E-state index is 13.5. The SMILES string of the molecule is Cc1cccc(N(CC(=O)Nc2ccc(S(=O)(=O)Nc3ccc(Cl)cc3Cl)cc2)S(=O)(=O)c2ccc(Cl)cc2)c1. The molecule has 0 aliphatic heterocycles. The number of carbonyl (C=O) groups is 1. The third-order valence-electron chi connectivity index (χ3n) is 5.60. The molecule has 208 valence electrons. The van der Waals surface area contributed by atoms with Gasteiger partial charge in [-0.2, -0.15) is 0 Å². The number of nitrogens with zero attached hydrogens (tertiary/aromatic N) is 1. The molecule has 8 nitrogen and oxygen atoms in total. The molecule has 4 aromatic carbocycles. The lowest BCUT2D eigenvalue weighted by atomic mass is 10.2. The van der Waals surface area contributed by atoms with Gasteiger partial charge in [0.15, 0.2) is 0 Å². The van der Waals surface area contributed by atoms with E-state index < -0.39 is 32.5 Å². The first-order chi connectivity index (χ1) is 18.8. The zero-order valence-electron chi connectivity index (χ0n) is 20.8. The molecule has 1 amide bonds. The molecule has 40 heavy (non-hydrogen) atoms. The molecule has 0 atom stereocenters. The summed E-state index contributed by atoms with van der Waals surface area (Å²) in [6.45, 7) is 1.27. The Bertz CT molecular complexity index is 1760. The highest BCUT2D eigenvalue weighted by Gasteiger charge is 2.27. The number of anilines is 3. The fraction of sp³-hybridized carbons (Fsp3) is 0.0741. The first kappa shape index (κ1) is 29.7. The quantitative estimate of drug-likeness (QED) is 0.215. The van der Waals surface area contributed by atoms with Crippen LogP contribution in [0, 0.1) is 6.92 Å². The molecular weight excluding hydrogens is 617 g/mol. The van der Waals surface area contributed by atoms with Crippen molar-refractivity contribution < 1.29 is 21.6 Å². The van der Waals surface area contributed by atoms with Crippen LogP contribution in [0.1, 0.15) is 5.56 Å². The molecule has 13 heteroatoms. The lowest BCUT2D eigenvalue weighted by Crippen LogP contribution is -2.38. The molecule has 0 heterocycles. The average Bonchev–Trinajstić information content (AvgIpc) is 2.89. The first-order valence-corrected chi connectivity index (χ1v) is 15.6. The second-order valence-corrected chi connectivity index (χ2v) is 13.4. The molecule has 0 bridgehead atoms. The number of carbonyl (C=O) groups excluding carboxylic acids is 1. The molecule has 0 radical (unpaired) electrons. The van der Waals surface area contributed by atoms with E-state index in [-0.39, 0.29) is 26.2 Å². The number of hydrogen-bond donors (Lipinski definition) is 2. The number of rotatable bonds is 9. The van der Waals surface area contributed by atoms with Crippen molar-refractivity contribution in [2.24, 2.45) is 0 Å². The highest BCUT2D eigenvalue weighted by molar-refractivity contribution is 7.93. The molecule has 4 rings (SSSR count). The van der Waals surface area contributed by atoms with Crippen LogP contribution in [0.25, 0.3) is 0 Å². The summed E-state index contributed by atoms with van der Waals surface area (Å²) in [5.74, 6) is -0.638. The molecule has 0 aliphatic rings. The topological polar surface area (TPSA) is 113 Å². The third-order valence-corrected chi connectivity index (χ3v) is 9.57. The van der Waals surface area contributed by atoms with Crippen LogP contribution in [-0.4, -0.2) is 29.3 Å². The molecule has 2 N–H and O–H groups in total. The number of aryl methyl sites for hydroxylation is 1. The number of hydrogen-bond acceptors (Lipinski definition) is 5. The van der Waals surface area contributed by atoms with Gasteiger partial charge in [-0.25, -0.2) is 16.8 Å². The largest absolute Gasteiger partial charge is 0.325 e. The van der Waals surface area contributed by atoms with Gasteiger partial charge in [0.2, 0.25) is 5.91 Å². The summed E-state index contributed by atoms with van der Waals surface area (Å²) in [4.78, 5) is 12.9. The Hall–Kier alpha value is -3.28. The Balaban J connectivity index is 1.53. The fourth-order valence-electron chi connectivity index (χ4n) is 3.66. The highest BCUT2D eigenvalue weighted by atomic mass is 35.5. The Morgan fingerprint density at radius 1 is 0.775 bits per heavy atom. The molecule has 0 aliphatic carbocycles. The van der Waals surface area contributed by atoms with E-state index in [4.69, 9.17) is 34.8 Å². The summed E-state index contributed by atoms with van der Waals surface area (Å²) in [6, 6.07) is 22.1. The zero-order chi connectivity index (χ0) is 29.1. The van der Waals surface area contributed by atoms with E-state index in [0.717, 1.165) is 9.87 Å². The lowest BCUT2D eigenvalue weighted by molar-refractivity contribution is -0.114. The van der Waals surface area contributed by atoms with Crippen LogP contribution >= 0.6 is 34.8 Å². The van der Waals surface area contributed by atoms with Crippen molar-refractivity contribution in [2.75, 3.05) is 20.9 Å². The molecule has 0 unspecified atom stereocenters. The molecule has 0 fully saturated rings. The van der Waals surface area contributed by atoms with Gasteiger partial charge in [-0.05, 0) is 91.3 Å². The van der Waals surface area contributed by atoms with Crippen LogP contribution in [-0.2, 0) is 24.8 Å². The van der Waals surface area contributed by atoms with Gasteiger partial charge < -0.3 is 5.32 Å². The first-order valence-electron chi connectivity index (χ1n) is 11.6. The normalized spacial score (nSPS) is 11.6. The molecular formula is C27H22Cl3N3O5S2. The number of halogens is 3. The van der Waals surface area contributed by atoms with Gasteiger partial charge in [0.05, 0.1) is 26.2 Å². The monoisotopic (exact) mass is 637 g/mol. The fourth-order valence-corrected chi connectivity index (χ4v) is 6.79. The van der Waals surface area contributed by atoms with Crippen molar-refractivity contribution >= 4 is 77.8 Å². The minimum absolute atomic E-state index is 0.0333. The number of nitrogens with one attached hydrogen (secondary N) is 2. The smallest absolute Gasteiger partial charge is 0.264 e. The van der Waals surface area contributed by atoms with Crippen LogP contribution < -0.4 is 14.3 Å². The van der Waals surface area contributed by atoms with Gasteiger partial charge in [-0.15, -0.1) is 0 Å². The summed E-state index contributed by atoms with van der Waals surface area (Å²) in [5.41, 5.74) is 1.53. The van der Waals surface area contributed by atoms with Gasteiger partial charge >= 0.3 is 0 Å². The van der Waals surface area contributed by atoms with Gasteiger partial charge in [0, 0.05) is 15.7 Å². The summed E-state index contributed by atoms with van der Waals surface area (Å²) >= 11 is 17.8. The van der Waals surface area contributed by atoms with Crippen LogP contribution in [0.3, 0.4) is 0 Å². The lowest BCUT2D eigenvalue weighted by Gasteiger charge is -2.24. The highest BCUT2D eigenvalue weighted by Crippen LogP contribution is 2.28. The summed E-state index contributed by atoms with van der Waals surface area (Å²) < 4.78 is 56.0. The minimum atomic E-state index is -4.13. The summed E-state index contributed by atoms with van der Waals surface area (Å²) in [7, 11) is -8.12. The number of sulfonamides is 2. The van der Waals surface area contributed by atoms with Crippen LogP contribution in [0.5, 0.6) is 0 Å². The van der Waals surface area contributed by atoms with E-state index in [0.29, 0.717) is 15.7 Å². The predicted molar refractivity (Wildman–Crippen MR) is 160 cm³/mol. The third kappa shape index (κ3) is 7.07. The van der Waals surface area contributed by atoms with Gasteiger partial charge in [0.25, 0.3) is 20.0 Å². The predicted octanol–water partition coefficient (Wildman–Crippen LogP) is 6.59. The van der Waals surface area contributed by atoms with Crippen molar-refractivity contribution in [1.29, 1.82) is 0 Å². The van der Waals surface area contributed by atoms with Crippen molar-refractivity contribution in [1.82, 2.24) is 0 Å². The summed E-state index contributed by atoms with van der Waals surface area (Å²) in [6.07, 6.45) is 0. The van der Waals surface area contributed by atoms with E-state index in [1.54, 1.807) is 18.2 Å². The van der Waals surface area contributed by atoms with Crippen molar-refractivity contribution in [3.63, 3.8) is 0 Å². The van der Waals surface area contributed by atoms with Crippen molar-refractivity contribution in [3.05, 3.63) is 112 Å². The molecule has 0 saturated heterocycles. The van der Waals surface area contributed by atoms with E-state index in [1.807, 2.05) is 13.0 Å². The van der Waals surface area contributed by atoms with Crippen LogP contribution in [0.15, 0.2) is 101 Å². The number of benzene rings is 4. The number of amides is 1. The second-order valence-electron chi connectivity index (χ2n) is 8.61. The van der Waals surface area contributed by atoms with E-state index in [2.05, 4.69) is 10.0 Å². The molecule has 4 aromatic rings. The van der Waals surface area contributed by atoms with Gasteiger partial charge in [0.1, 0.15) is 6.54 Å². The second kappa shape index (κ2) is 12.1. The van der Waals surface area contributed by atoms with E-state index in [9.17, 15) is 21.6 Å². The van der Waals surface area contributed by atoms with Crippen LogP contribution in [0.2, 0.25) is 15.1 Å². The Labute approximate surface area is 247 Å². The minimum Gasteiger partial charge on any atom is -0.325 e. The average molecular weight is 639 g/mol. The Morgan fingerprint density at radius 2 is 1.40 bits per heavy atom. The Kier molecular flexibility index (Phi) is 8.96. The van der Waals surface area contributed by atoms with Gasteiger partial charge in [-0.3, -0.25) is 13.8 Å². The molecule has 0 aromatic heterocycles. The standard InChI is InChI=1S/C27H22Cl3N3O5S2/c1-18-3-2-4-22(15-18)33(40(37,38)24-10-5-19(28)6-11-24)17-27(34)31-21-8-12-23(13-9-21)39(35,36)32-26-14-7-20(29)16-25(26)30/h2-16,32H,17H2,1H3,(H,31,34). The van der Waals surface area contributed by atoms with Crippen LogP contribution in [0.4, 0.5) is 17.1 Å². The summed E-state index contributed by atoms with van der Waals surface area (Å²) in [5, 5.41) is 3.47. The maximum Gasteiger partial charge on any atom is 0.264 e. The Morgan fingerprint density at radius 3 is 2.02 bits per heavy atom. The maximum atomic E-state index is 13.5. The molecule has 0 saturated carbocycles. The zero-order valence-corrected chi connectivity index (χ0v) is 24.7. The molecule has 0 spiro atoms. The van der Waals surface area contributed by atoms with Crippen molar-refractivity contribution in [2.45, 2.75) is 16.7 Å². The van der Waals surface area contributed by atoms with Gasteiger partial charge in [-0.1, -0.05) is 46.9 Å². The van der Waals surface area contributed by atoms with Crippen molar-refractivity contribution in [3.8, 4) is 0 Å². The van der Waals surface area contributed by atoms with E-state index >= 15 is 0 Å².